The summed E-state index contributed by atoms with van der Waals surface area (Å²) in [4.78, 5) is 14.1. The minimum Gasteiger partial charge on any atom is -0.406 e. The Labute approximate surface area is 132 Å². The zero-order chi connectivity index (χ0) is 17.1. The number of halogens is 3. The molecule has 1 amide bonds. The summed E-state index contributed by atoms with van der Waals surface area (Å²) in [6.07, 6.45) is -3.79. The minimum absolute atomic E-state index is 0.165. The maximum absolute atomic E-state index is 12.8. The van der Waals surface area contributed by atoms with Gasteiger partial charge >= 0.3 is 6.36 Å². The number of alkyl halides is 3. The van der Waals surface area contributed by atoms with E-state index in [-0.39, 0.29) is 18.2 Å². The number of amides is 1. The Kier molecular flexibility index (Phi) is 5.16. The van der Waals surface area contributed by atoms with Gasteiger partial charge in [-0.05, 0) is 25.0 Å². The van der Waals surface area contributed by atoms with E-state index in [1.54, 1.807) is 6.07 Å². The molecule has 0 atom stereocenters. The largest absolute Gasteiger partial charge is 0.573 e. The van der Waals surface area contributed by atoms with E-state index in [1.807, 2.05) is 0 Å². The monoisotopic (exact) mass is 332 g/mol. The minimum atomic E-state index is -4.78. The molecule has 23 heavy (non-hydrogen) atoms. The van der Waals surface area contributed by atoms with Crippen molar-refractivity contribution < 1.29 is 27.4 Å². The first-order valence-corrected chi connectivity index (χ1v) is 7.19. The van der Waals surface area contributed by atoms with Crippen LogP contribution in [0.3, 0.4) is 0 Å². The first kappa shape index (κ1) is 17.6. The van der Waals surface area contributed by atoms with Crippen molar-refractivity contribution in [2.75, 3.05) is 31.7 Å². The van der Waals surface area contributed by atoms with Gasteiger partial charge in [0, 0.05) is 38.6 Å². The average molecular weight is 332 g/mol. The van der Waals surface area contributed by atoms with Crippen molar-refractivity contribution >= 4 is 11.6 Å². The van der Waals surface area contributed by atoms with Gasteiger partial charge in [0.1, 0.15) is 5.75 Å². The predicted octanol–water partition coefficient (Wildman–Crippen LogP) is 2.30. The van der Waals surface area contributed by atoms with Crippen LogP contribution in [0.4, 0.5) is 18.9 Å². The highest BCUT2D eigenvalue weighted by Crippen LogP contribution is 2.34. The fourth-order valence-electron chi connectivity index (χ4n) is 2.63. The third kappa shape index (κ3) is 4.14. The second-order valence-corrected chi connectivity index (χ2v) is 5.51. The van der Waals surface area contributed by atoms with Crippen LogP contribution in [-0.2, 0) is 9.53 Å². The summed E-state index contributed by atoms with van der Waals surface area (Å²) < 4.78 is 46.1. The van der Waals surface area contributed by atoms with Crippen molar-refractivity contribution in [2.45, 2.75) is 19.2 Å². The molecule has 1 aliphatic rings. The fraction of sp³-hybridized carbons (Fsp3) is 0.533. The molecule has 1 aromatic rings. The van der Waals surface area contributed by atoms with Gasteiger partial charge in [-0.25, -0.2) is 0 Å². The summed E-state index contributed by atoms with van der Waals surface area (Å²) in [7, 11) is 1.52. The molecule has 0 aliphatic carbocycles. The van der Waals surface area contributed by atoms with E-state index in [1.165, 1.54) is 30.1 Å². The van der Waals surface area contributed by atoms with Crippen LogP contribution in [-0.4, -0.2) is 39.1 Å². The van der Waals surface area contributed by atoms with E-state index in [2.05, 4.69) is 4.74 Å². The van der Waals surface area contributed by atoms with Crippen molar-refractivity contribution in [1.82, 2.24) is 0 Å². The summed E-state index contributed by atoms with van der Waals surface area (Å²) in [5.74, 6) is -0.601. The molecular weight excluding hydrogens is 313 g/mol. The molecule has 128 valence electrons. The van der Waals surface area contributed by atoms with E-state index >= 15 is 0 Å². The van der Waals surface area contributed by atoms with Crippen LogP contribution >= 0.6 is 0 Å². The number of hydrogen-bond acceptors (Lipinski definition) is 4. The van der Waals surface area contributed by atoms with E-state index in [9.17, 15) is 18.0 Å². The summed E-state index contributed by atoms with van der Waals surface area (Å²) in [6.45, 7) is 1.04. The summed E-state index contributed by atoms with van der Waals surface area (Å²) >= 11 is 0. The summed E-state index contributed by atoms with van der Waals surface area (Å²) in [5.41, 5.74) is 5.37. The smallest absolute Gasteiger partial charge is 0.406 e. The maximum Gasteiger partial charge on any atom is 0.573 e. The highest BCUT2D eigenvalue weighted by Gasteiger charge is 2.41. The van der Waals surface area contributed by atoms with Gasteiger partial charge in [0.25, 0.3) is 0 Å². The highest BCUT2D eigenvalue weighted by molar-refractivity contribution is 5.97. The number of carbonyl (C=O) groups excluding carboxylic acids is 1. The van der Waals surface area contributed by atoms with Gasteiger partial charge in [-0.3, -0.25) is 4.79 Å². The molecule has 1 aromatic carbocycles. The van der Waals surface area contributed by atoms with Crippen LogP contribution in [0.15, 0.2) is 24.3 Å². The molecule has 1 aliphatic heterocycles. The van der Waals surface area contributed by atoms with Crippen LogP contribution in [0.1, 0.15) is 12.8 Å². The SMILES string of the molecule is CN(C(=O)C1(CN)CCOCC1)c1cccc(OC(F)(F)F)c1. The van der Waals surface area contributed by atoms with E-state index < -0.39 is 11.8 Å². The molecule has 2 N–H and O–H groups in total. The molecule has 0 aromatic heterocycles. The molecule has 1 fully saturated rings. The number of carbonyl (C=O) groups is 1. The quantitative estimate of drug-likeness (QED) is 0.919. The number of hydrogen-bond donors (Lipinski definition) is 1. The molecule has 1 heterocycles. The number of ether oxygens (including phenoxy) is 2. The van der Waals surface area contributed by atoms with E-state index in [0.29, 0.717) is 31.7 Å². The summed E-state index contributed by atoms with van der Waals surface area (Å²) in [5, 5.41) is 0. The van der Waals surface area contributed by atoms with Crippen LogP contribution in [0.2, 0.25) is 0 Å². The van der Waals surface area contributed by atoms with Gasteiger partial charge in [-0.1, -0.05) is 6.07 Å². The van der Waals surface area contributed by atoms with Crippen LogP contribution < -0.4 is 15.4 Å². The Morgan fingerprint density at radius 2 is 2.04 bits per heavy atom. The standard InChI is InChI=1S/C15H19F3N2O3/c1-20(13(21)14(10-19)5-7-22-8-6-14)11-3-2-4-12(9-11)23-15(16,17)18/h2-4,9H,5-8,10,19H2,1H3. The predicted molar refractivity (Wildman–Crippen MR) is 78.1 cm³/mol. The lowest BCUT2D eigenvalue weighted by Gasteiger charge is -2.37. The lowest BCUT2D eigenvalue weighted by Crippen LogP contribution is -2.49. The Morgan fingerprint density at radius 1 is 1.39 bits per heavy atom. The summed E-state index contributed by atoms with van der Waals surface area (Å²) in [6, 6.07) is 5.31. The van der Waals surface area contributed by atoms with Crippen molar-refractivity contribution in [2.24, 2.45) is 11.1 Å². The van der Waals surface area contributed by atoms with Gasteiger partial charge in [-0.15, -0.1) is 13.2 Å². The molecule has 8 heteroatoms. The topological polar surface area (TPSA) is 64.8 Å². The Bertz CT molecular complexity index is 557. The number of nitrogens with zero attached hydrogens (tertiary/aromatic N) is 1. The van der Waals surface area contributed by atoms with Gasteiger partial charge in [0.2, 0.25) is 5.91 Å². The molecule has 0 bridgehead atoms. The first-order chi connectivity index (χ1) is 10.8. The Hall–Kier alpha value is -1.80. The van der Waals surface area contributed by atoms with Crippen LogP contribution in [0, 0.1) is 5.41 Å². The zero-order valence-corrected chi connectivity index (χ0v) is 12.7. The molecule has 0 radical (unpaired) electrons. The maximum atomic E-state index is 12.8. The van der Waals surface area contributed by atoms with Crippen LogP contribution in [0.25, 0.3) is 0 Å². The average Bonchev–Trinajstić information content (AvgIpc) is 2.52. The first-order valence-electron chi connectivity index (χ1n) is 7.19. The second kappa shape index (κ2) is 6.76. The molecule has 0 saturated carbocycles. The van der Waals surface area contributed by atoms with E-state index in [4.69, 9.17) is 10.5 Å². The second-order valence-electron chi connectivity index (χ2n) is 5.51. The van der Waals surface area contributed by atoms with Crippen LogP contribution in [0.5, 0.6) is 5.75 Å². The van der Waals surface area contributed by atoms with Gasteiger partial charge in [0.15, 0.2) is 0 Å². The number of anilines is 1. The third-order valence-electron chi connectivity index (χ3n) is 4.04. The van der Waals surface area contributed by atoms with Gasteiger partial charge in [0.05, 0.1) is 5.41 Å². The fourth-order valence-corrected chi connectivity index (χ4v) is 2.63. The highest BCUT2D eigenvalue weighted by atomic mass is 19.4. The molecule has 1 saturated heterocycles. The molecule has 2 rings (SSSR count). The molecule has 0 spiro atoms. The van der Waals surface area contributed by atoms with Crippen molar-refractivity contribution in [3.63, 3.8) is 0 Å². The number of rotatable bonds is 4. The van der Waals surface area contributed by atoms with Crippen molar-refractivity contribution in [3.8, 4) is 5.75 Å². The van der Waals surface area contributed by atoms with Crippen molar-refractivity contribution in [3.05, 3.63) is 24.3 Å². The molecular formula is C15H19F3N2O3. The zero-order valence-electron chi connectivity index (χ0n) is 12.7. The Morgan fingerprint density at radius 3 is 2.61 bits per heavy atom. The Balaban J connectivity index is 2.20. The van der Waals surface area contributed by atoms with E-state index in [0.717, 1.165) is 0 Å². The number of nitrogens with two attached hydrogens (primary N) is 1. The van der Waals surface area contributed by atoms with Gasteiger partial charge in [-0.2, -0.15) is 0 Å². The third-order valence-corrected chi connectivity index (χ3v) is 4.04. The lowest BCUT2D eigenvalue weighted by atomic mass is 9.79. The van der Waals surface area contributed by atoms with Crippen molar-refractivity contribution in [1.29, 1.82) is 0 Å². The van der Waals surface area contributed by atoms with Gasteiger partial charge < -0.3 is 20.1 Å². The molecule has 5 nitrogen and oxygen atoms in total. The lowest BCUT2D eigenvalue weighted by molar-refractivity contribution is -0.274. The normalized spacial score (nSPS) is 17.6. The molecule has 0 unspecified atom stereocenters. The number of benzene rings is 1.